The van der Waals surface area contributed by atoms with Gasteiger partial charge < -0.3 is 16.4 Å². The van der Waals surface area contributed by atoms with E-state index >= 15 is 0 Å². The van der Waals surface area contributed by atoms with Crippen molar-refractivity contribution in [3.05, 3.63) is 28.8 Å². The predicted octanol–water partition coefficient (Wildman–Crippen LogP) is 3.46. The molecule has 0 fully saturated rings. The number of nitrogens with two attached hydrogens (primary N) is 1. The number of halogens is 2. The summed E-state index contributed by atoms with van der Waals surface area (Å²) in [6.45, 7) is 8.63. The third kappa shape index (κ3) is 7.51. The first-order chi connectivity index (χ1) is 10.7. The number of amides is 2. The first kappa shape index (κ1) is 22.7. The maximum Gasteiger partial charge on any atom is 0.252 e. The van der Waals surface area contributed by atoms with E-state index in [1.807, 2.05) is 27.7 Å². The Hall–Kier alpha value is -1.30. The molecule has 0 aliphatic rings. The lowest BCUT2D eigenvalue weighted by atomic mass is 10.0. The van der Waals surface area contributed by atoms with Gasteiger partial charge in [-0.1, -0.05) is 39.3 Å². The summed E-state index contributed by atoms with van der Waals surface area (Å²) < 4.78 is 0. The third-order valence-corrected chi connectivity index (χ3v) is 3.53. The second kappa shape index (κ2) is 10.5. The van der Waals surface area contributed by atoms with Gasteiger partial charge in [0, 0.05) is 12.2 Å². The number of rotatable bonds is 7. The summed E-state index contributed by atoms with van der Waals surface area (Å²) in [7, 11) is 0. The molecule has 0 saturated carbocycles. The maximum absolute atomic E-state index is 12.0. The highest BCUT2D eigenvalue weighted by Gasteiger charge is 2.16. The molecule has 1 aromatic carbocycles. The lowest BCUT2D eigenvalue weighted by Gasteiger charge is -2.15. The van der Waals surface area contributed by atoms with Crippen LogP contribution in [0, 0.1) is 11.8 Å². The summed E-state index contributed by atoms with van der Waals surface area (Å²) in [6, 6.07) is 4.24. The monoisotopic (exact) mass is 375 g/mol. The van der Waals surface area contributed by atoms with E-state index in [0.29, 0.717) is 41.1 Å². The Labute approximate surface area is 155 Å². The van der Waals surface area contributed by atoms with E-state index < -0.39 is 6.04 Å². The largest absolute Gasteiger partial charge is 0.352 e. The molecule has 0 spiro atoms. The highest BCUT2D eigenvalue weighted by molar-refractivity contribution is 6.34. The smallest absolute Gasteiger partial charge is 0.252 e. The van der Waals surface area contributed by atoms with E-state index in [9.17, 15) is 9.59 Å². The number of hydrogen-bond acceptors (Lipinski definition) is 3. The van der Waals surface area contributed by atoms with Crippen molar-refractivity contribution in [1.29, 1.82) is 0 Å². The van der Waals surface area contributed by atoms with Gasteiger partial charge in [0.25, 0.3) is 5.91 Å². The van der Waals surface area contributed by atoms with Gasteiger partial charge in [-0.25, -0.2) is 0 Å². The lowest BCUT2D eigenvalue weighted by Crippen LogP contribution is -2.36. The summed E-state index contributed by atoms with van der Waals surface area (Å²) >= 11 is 6.14. The van der Waals surface area contributed by atoms with Crippen LogP contribution in [0.15, 0.2) is 18.2 Å². The van der Waals surface area contributed by atoms with Gasteiger partial charge in [-0.3, -0.25) is 9.59 Å². The number of carbonyl (C=O) groups is 2. The second-order valence-corrected chi connectivity index (χ2v) is 6.93. The van der Waals surface area contributed by atoms with Crippen molar-refractivity contribution in [2.75, 3.05) is 11.9 Å². The molecule has 2 amide bonds. The Morgan fingerprint density at radius 2 is 1.79 bits per heavy atom. The fraction of sp³-hybridized carbons (Fsp3) is 0.529. The van der Waals surface area contributed by atoms with Crippen LogP contribution in [0.4, 0.5) is 5.69 Å². The van der Waals surface area contributed by atoms with Crippen molar-refractivity contribution < 1.29 is 9.59 Å². The van der Waals surface area contributed by atoms with E-state index in [1.54, 1.807) is 18.2 Å². The maximum atomic E-state index is 12.0. The molecule has 5 nitrogen and oxygen atoms in total. The Kier molecular flexibility index (Phi) is 9.97. The fourth-order valence-electron chi connectivity index (χ4n) is 2.02. The molecule has 24 heavy (non-hydrogen) atoms. The minimum Gasteiger partial charge on any atom is -0.352 e. The summed E-state index contributed by atoms with van der Waals surface area (Å²) in [5.41, 5.74) is 6.75. The second-order valence-electron chi connectivity index (χ2n) is 6.52. The molecule has 0 radical (unpaired) electrons. The molecule has 0 saturated heterocycles. The molecule has 1 rings (SSSR count). The average molecular weight is 376 g/mol. The minimum atomic E-state index is -0.567. The summed E-state index contributed by atoms with van der Waals surface area (Å²) in [6.07, 6.45) is 0.606. The predicted molar refractivity (Wildman–Crippen MR) is 102 cm³/mol. The molecular formula is C17H27Cl2N3O2. The SMILES string of the molecule is CC(C)CNC(=O)c1ccc(NC(=O)[C@@H](N)CC(C)C)cc1Cl.Cl. The molecule has 0 aliphatic heterocycles. The van der Waals surface area contributed by atoms with Gasteiger partial charge in [-0.2, -0.15) is 0 Å². The van der Waals surface area contributed by atoms with E-state index in [0.717, 1.165) is 0 Å². The van der Waals surface area contributed by atoms with E-state index in [-0.39, 0.29) is 24.2 Å². The number of nitrogens with one attached hydrogen (secondary N) is 2. The third-order valence-electron chi connectivity index (χ3n) is 3.21. The minimum absolute atomic E-state index is 0. The van der Waals surface area contributed by atoms with Crippen LogP contribution in [0.25, 0.3) is 0 Å². The summed E-state index contributed by atoms with van der Waals surface area (Å²) in [4.78, 5) is 24.0. The van der Waals surface area contributed by atoms with Crippen molar-refractivity contribution in [3.63, 3.8) is 0 Å². The van der Waals surface area contributed by atoms with Crippen LogP contribution in [0.5, 0.6) is 0 Å². The van der Waals surface area contributed by atoms with Gasteiger partial charge in [0.05, 0.1) is 16.6 Å². The van der Waals surface area contributed by atoms with Crippen molar-refractivity contribution in [2.45, 2.75) is 40.2 Å². The number of carbonyl (C=O) groups excluding carboxylic acids is 2. The Morgan fingerprint density at radius 1 is 1.17 bits per heavy atom. The molecule has 0 bridgehead atoms. The van der Waals surface area contributed by atoms with E-state index in [4.69, 9.17) is 17.3 Å². The molecule has 1 atom stereocenters. The van der Waals surface area contributed by atoms with Crippen LogP contribution in [-0.4, -0.2) is 24.4 Å². The topological polar surface area (TPSA) is 84.2 Å². The van der Waals surface area contributed by atoms with Crippen molar-refractivity contribution in [3.8, 4) is 0 Å². The van der Waals surface area contributed by atoms with Crippen LogP contribution >= 0.6 is 24.0 Å². The number of anilines is 1. The standard InChI is InChI=1S/C17H26ClN3O2.ClH/c1-10(2)7-15(19)17(23)21-12-5-6-13(14(18)8-12)16(22)20-9-11(3)4;/h5-6,8,10-11,15H,7,9,19H2,1-4H3,(H,20,22)(H,21,23);1H/t15-;/m0./s1. The Bertz CT molecular complexity index is 563. The first-order valence-corrected chi connectivity index (χ1v) is 8.22. The summed E-state index contributed by atoms with van der Waals surface area (Å²) in [5.74, 6) is 0.218. The molecule has 0 aliphatic carbocycles. The summed E-state index contributed by atoms with van der Waals surface area (Å²) in [5, 5.41) is 5.83. The van der Waals surface area contributed by atoms with Gasteiger partial charge in [0.15, 0.2) is 0 Å². The Morgan fingerprint density at radius 3 is 2.29 bits per heavy atom. The molecule has 0 heterocycles. The zero-order valence-corrected chi connectivity index (χ0v) is 16.1. The van der Waals surface area contributed by atoms with E-state index in [1.165, 1.54) is 0 Å². The van der Waals surface area contributed by atoms with Crippen LogP contribution in [0.3, 0.4) is 0 Å². The molecule has 4 N–H and O–H groups in total. The van der Waals surface area contributed by atoms with Gasteiger partial charge in [0.2, 0.25) is 5.91 Å². The van der Waals surface area contributed by atoms with Crippen molar-refractivity contribution in [2.24, 2.45) is 17.6 Å². The molecule has 1 aromatic rings. The quantitative estimate of drug-likeness (QED) is 0.681. The van der Waals surface area contributed by atoms with Crippen LogP contribution in [0.1, 0.15) is 44.5 Å². The number of hydrogen-bond donors (Lipinski definition) is 3. The zero-order chi connectivity index (χ0) is 17.6. The first-order valence-electron chi connectivity index (χ1n) is 7.84. The fourth-order valence-corrected chi connectivity index (χ4v) is 2.29. The average Bonchev–Trinajstić information content (AvgIpc) is 2.44. The van der Waals surface area contributed by atoms with E-state index in [2.05, 4.69) is 10.6 Å². The van der Waals surface area contributed by atoms with Gasteiger partial charge in [0.1, 0.15) is 0 Å². The molecular weight excluding hydrogens is 349 g/mol. The van der Waals surface area contributed by atoms with Crippen LogP contribution in [-0.2, 0) is 4.79 Å². The highest BCUT2D eigenvalue weighted by Crippen LogP contribution is 2.21. The zero-order valence-electron chi connectivity index (χ0n) is 14.6. The van der Waals surface area contributed by atoms with Crippen LogP contribution in [0.2, 0.25) is 5.02 Å². The lowest BCUT2D eigenvalue weighted by molar-refractivity contribution is -0.117. The number of benzene rings is 1. The van der Waals surface area contributed by atoms with Gasteiger partial charge in [-0.05, 0) is 36.5 Å². The van der Waals surface area contributed by atoms with Gasteiger partial charge in [-0.15, -0.1) is 12.4 Å². The van der Waals surface area contributed by atoms with Gasteiger partial charge >= 0.3 is 0 Å². The van der Waals surface area contributed by atoms with Crippen molar-refractivity contribution in [1.82, 2.24) is 5.32 Å². The highest BCUT2D eigenvalue weighted by atomic mass is 35.5. The molecule has 7 heteroatoms. The van der Waals surface area contributed by atoms with Crippen LogP contribution < -0.4 is 16.4 Å². The molecule has 136 valence electrons. The normalized spacial score (nSPS) is 11.8. The molecule has 0 aromatic heterocycles. The Balaban J connectivity index is 0.00000529. The van der Waals surface area contributed by atoms with Crippen molar-refractivity contribution >= 4 is 41.5 Å². The molecule has 0 unspecified atom stereocenters.